The van der Waals surface area contributed by atoms with Crippen LogP contribution in [0.25, 0.3) is 0 Å². The number of azo groups is 1. The van der Waals surface area contributed by atoms with E-state index in [4.69, 9.17) is 5.53 Å². The van der Waals surface area contributed by atoms with Crippen LogP contribution in [0.15, 0.2) is 76.3 Å². The maximum Gasteiger partial charge on any atom is 0.249 e. The molecule has 0 saturated carbocycles. The highest BCUT2D eigenvalue weighted by molar-refractivity contribution is 5.53. The van der Waals surface area contributed by atoms with Gasteiger partial charge in [-0.2, -0.15) is 5.11 Å². The van der Waals surface area contributed by atoms with Crippen LogP contribution in [0.2, 0.25) is 0 Å². The molecule has 0 fully saturated rings. The van der Waals surface area contributed by atoms with Gasteiger partial charge in [0.25, 0.3) is 0 Å². The van der Waals surface area contributed by atoms with E-state index in [2.05, 4.69) is 56.4 Å². The third kappa shape index (κ3) is 6.73. The minimum Gasteiger partial charge on any atom is -0.375 e. The Morgan fingerprint density at radius 3 is 1.78 bits per heavy atom. The third-order valence-electron chi connectivity index (χ3n) is 5.50. The molecule has 0 aliphatic heterocycles. The summed E-state index contributed by atoms with van der Waals surface area (Å²) in [5.74, 6) is 0.593. The first-order chi connectivity index (χ1) is 15.6. The van der Waals surface area contributed by atoms with E-state index >= 15 is 0 Å². The Hall–Kier alpha value is -3.55. The summed E-state index contributed by atoms with van der Waals surface area (Å²) in [5.41, 5.74) is 10.9. The van der Waals surface area contributed by atoms with Gasteiger partial charge in [-0.05, 0) is 61.4 Å². The minimum absolute atomic E-state index is 0.593. The molecule has 168 valence electrons. The van der Waals surface area contributed by atoms with E-state index in [0.717, 1.165) is 18.8 Å². The van der Waals surface area contributed by atoms with E-state index < -0.39 is 0 Å². The molecule has 1 heterocycles. The molecule has 3 aromatic rings. The van der Waals surface area contributed by atoms with Crippen molar-refractivity contribution in [2.24, 2.45) is 22.4 Å². The maximum absolute atomic E-state index is 7.04. The number of nitrogens with zero attached hydrogens (tertiary/aromatic N) is 7. The molecule has 0 radical (unpaired) electrons. The Balaban J connectivity index is 1.33. The first kappa shape index (κ1) is 23.1. The lowest BCUT2D eigenvalue weighted by molar-refractivity contribution is 0.634. The van der Waals surface area contributed by atoms with Crippen LogP contribution in [-0.2, 0) is 7.05 Å². The molecule has 32 heavy (non-hydrogen) atoms. The van der Waals surface area contributed by atoms with Gasteiger partial charge in [0, 0.05) is 58.0 Å². The number of anilines is 2. The molecule has 3 rings (SSSR count). The van der Waals surface area contributed by atoms with Crippen molar-refractivity contribution in [1.29, 1.82) is 5.53 Å². The summed E-state index contributed by atoms with van der Waals surface area (Å²) in [4.78, 5) is 8.68. The molecule has 1 aromatic heterocycles. The predicted molar refractivity (Wildman–Crippen MR) is 130 cm³/mol. The largest absolute Gasteiger partial charge is 0.375 e. The average molecular weight is 433 g/mol. The van der Waals surface area contributed by atoms with Crippen LogP contribution in [0, 0.1) is 5.53 Å². The van der Waals surface area contributed by atoms with E-state index in [9.17, 15) is 0 Å². The van der Waals surface area contributed by atoms with E-state index in [0.29, 0.717) is 11.6 Å². The molecule has 0 saturated heterocycles. The summed E-state index contributed by atoms with van der Waals surface area (Å²) in [6.07, 6.45) is 8.32. The van der Waals surface area contributed by atoms with Gasteiger partial charge in [0.1, 0.15) is 0 Å². The van der Waals surface area contributed by atoms with E-state index in [1.165, 1.54) is 37.1 Å². The Morgan fingerprint density at radius 2 is 1.31 bits per heavy atom. The highest BCUT2D eigenvalue weighted by Gasteiger charge is 2.03. The fourth-order valence-corrected chi connectivity index (χ4v) is 3.42. The smallest absolute Gasteiger partial charge is 0.249 e. The molecule has 8 heteroatoms. The molecule has 0 spiro atoms. The summed E-state index contributed by atoms with van der Waals surface area (Å²) in [6.45, 7) is 2.06. The molecule has 1 N–H and O–H groups in total. The number of benzene rings is 2. The number of imidazole rings is 1. The number of aromatic nitrogens is 2. The van der Waals surface area contributed by atoms with Gasteiger partial charge in [-0.1, -0.05) is 12.8 Å². The molecular weight excluding hydrogens is 400 g/mol. The number of aryl methyl sites for hydroxylation is 1. The Kier molecular flexibility index (Phi) is 8.48. The second kappa shape index (κ2) is 11.7. The molecule has 0 unspecified atom stereocenters. The van der Waals surface area contributed by atoms with Crippen molar-refractivity contribution in [3.63, 3.8) is 0 Å². The lowest BCUT2D eigenvalue weighted by Crippen LogP contribution is -2.19. The highest BCUT2D eigenvalue weighted by Crippen LogP contribution is 2.22. The molecule has 0 bridgehead atoms. The molecule has 2 aromatic carbocycles. The lowest BCUT2D eigenvalue weighted by atomic mass is 10.1. The first-order valence-corrected chi connectivity index (χ1v) is 11.0. The summed E-state index contributed by atoms with van der Waals surface area (Å²) < 4.78 is 1.83. The van der Waals surface area contributed by atoms with E-state index in [-0.39, 0.29) is 0 Å². The fraction of sp³-hybridized carbons (Fsp3) is 0.375. The molecule has 0 aliphatic rings. The van der Waals surface area contributed by atoms with Crippen molar-refractivity contribution in [3.05, 3.63) is 60.9 Å². The maximum atomic E-state index is 7.04. The minimum atomic E-state index is 0.593. The van der Waals surface area contributed by atoms with Gasteiger partial charge in [0.15, 0.2) is 0 Å². The van der Waals surface area contributed by atoms with Crippen LogP contribution in [0.3, 0.4) is 0 Å². The number of nitrogens with one attached hydrogen (secondary N) is 1. The number of hydrogen-bond donors (Lipinski definition) is 1. The van der Waals surface area contributed by atoms with Gasteiger partial charge in [0.05, 0.1) is 11.4 Å². The molecule has 8 nitrogen and oxygen atoms in total. The second-order valence-electron chi connectivity index (χ2n) is 7.94. The standard InChI is InChI=1S/C24H32N8/c1-30(22-12-8-20(27-25)9-13-22)17-6-4-5-7-18-31(2)23-14-10-21(11-15-23)28-29-24-26-16-19-32(24)3/h8-16,19,25H,4-7,17-18H2,1-3H3. The highest BCUT2D eigenvalue weighted by atomic mass is 15.2. The quantitative estimate of drug-likeness (QED) is 0.257. The van der Waals surface area contributed by atoms with Crippen LogP contribution in [0.5, 0.6) is 0 Å². The average Bonchev–Trinajstić information content (AvgIpc) is 3.24. The second-order valence-corrected chi connectivity index (χ2v) is 7.94. The van der Waals surface area contributed by atoms with Crippen LogP contribution in [0.4, 0.5) is 28.7 Å². The zero-order chi connectivity index (χ0) is 22.8. The van der Waals surface area contributed by atoms with E-state index in [1.807, 2.05) is 54.2 Å². The number of rotatable bonds is 12. The van der Waals surface area contributed by atoms with Gasteiger partial charge in [-0.3, -0.25) is 0 Å². The van der Waals surface area contributed by atoms with Gasteiger partial charge < -0.3 is 14.4 Å². The Labute approximate surface area is 190 Å². The SMILES string of the molecule is CN(CCCCCCN(C)c1ccc(N=Nc2nccn2C)cc1)c1ccc(N=N)cc1. The van der Waals surface area contributed by atoms with Gasteiger partial charge >= 0.3 is 0 Å². The van der Waals surface area contributed by atoms with Crippen LogP contribution in [-0.4, -0.2) is 36.7 Å². The normalized spacial score (nSPS) is 11.1. The van der Waals surface area contributed by atoms with E-state index in [1.54, 1.807) is 6.20 Å². The van der Waals surface area contributed by atoms with Gasteiger partial charge in [-0.25, -0.2) is 10.5 Å². The van der Waals surface area contributed by atoms with Crippen molar-refractivity contribution in [2.75, 3.05) is 37.0 Å². The van der Waals surface area contributed by atoms with Crippen molar-refractivity contribution in [1.82, 2.24) is 9.55 Å². The third-order valence-corrected chi connectivity index (χ3v) is 5.50. The number of hydrogen-bond acceptors (Lipinski definition) is 7. The van der Waals surface area contributed by atoms with Crippen molar-refractivity contribution < 1.29 is 0 Å². The molecule has 0 aliphatic carbocycles. The zero-order valence-electron chi connectivity index (χ0n) is 19.1. The van der Waals surface area contributed by atoms with Crippen molar-refractivity contribution in [2.45, 2.75) is 25.7 Å². The zero-order valence-corrected chi connectivity index (χ0v) is 19.1. The summed E-state index contributed by atoms with van der Waals surface area (Å²) in [6, 6.07) is 15.9. The lowest BCUT2D eigenvalue weighted by Gasteiger charge is -2.20. The Bertz CT molecular complexity index is 992. The summed E-state index contributed by atoms with van der Waals surface area (Å²) in [7, 11) is 6.14. The molecule has 0 atom stereocenters. The van der Waals surface area contributed by atoms with Crippen molar-refractivity contribution >= 4 is 28.7 Å². The summed E-state index contributed by atoms with van der Waals surface area (Å²) in [5, 5.41) is 11.9. The molecule has 0 amide bonds. The number of unbranched alkanes of at least 4 members (excludes halogenated alkanes) is 3. The monoisotopic (exact) mass is 432 g/mol. The summed E-state index contributed by atoms with van der Waals surface area (Å²) >= 11 is 0. The predicted octanol–water partition coefficient (Wildman–Crippen LogP) is 6.63. The van der Waals surface area contributed by atoms with Crippen LogP contribution in [0.1, 0.15) is 25.7 Å². The Morgan fingerprint density at radius 1 is 0.781 bits per heavy atom. The van der Waals surface area contributed by atoms with Gasteiger partial charge in [-0.15, -0.1) is 10.2 Å². The van der Waals surface area contributed by atoms with Gasteiger partial charge in [0.2, 0.25) is 5.95 Å². The van der Waals surface area contributed by atoms with Crippen molar-refractivity contribution in [3.8, 4) is 0 Å². The molecular formula is C24H32N8. The fourth-order valence-electron chi connectivity index (χ4n) is 3.42. The van der Waals surface area contributed by atoms with Crippen LogP contribution < -0.4 is 9.80 Å². The first-order valence-electron chi connectivity index (χ1n) is 11.0. The topological polar surface area (TPSA) is 85.2 Å². The van der Waals surface area contributed by atoms with Crippen LogP contribution >= 0.6 is 0 Å².